The Morgan fingerprint density at radius 1 is 0.842 bits per heavy atom. The standard InChI is InChI=1S/C17H28O2/c1-5-9-13-18-15-17(11-7-3,12-8-4)16-19-14-10-6-2/h3-4H,5-6,9-16H2,1-2H3. The van der Waals surface area contributed by atoms with Crippen LogP contribution in [0, 0.1) is 30.1 Å². The second kappa shape index (κ2) is 12.1. The van der Waals surface area contributed by atoms with Crippen LogP contribution in [0.25, 0.3) is 0 Å². The average molecular weight is 264 g/mol. The first-order chi connectivity index (χ1) is 9.24. The summed E-state index contributed by atoms with van der Waals surface area (Å²) >= 11 is 0. The molecule has 0 aliphatic rings. The lowest BCUT2D eigenvalue weighted by molar-refractivity contribution is -0.0190. The summed E-state index contributed by atoms with van der Waals surface area (Å²) in [5.74, 6) is 5.44. The van der Waals surface area contributed by atoms with E-state index < -0.39 is 0 Å². The Labute approximate surface area is 119 Å². The summed E-state index contributed by atoms with van der Waals surface area (Å²) in [7, 11) is 0. The molecule has 2 heteroatoms. The van der Waals surface area contributed by atoms with Crippen LogP contribution in [0.5, 0.6) is 0 Å². The van der Waals surface area contributed by atoms with E-state index in [-0.39, 0.29) is 5.41 Å². The van der Waals surface area contributed by atoms with E-state index in [0.717, 1.165) is 38.9 Å². The Hall–Kier alpha value is -0.960. The molecule has 0 bridgehead atoms. The lowest BCUT2D eigenvalue weighted by Crippen LogP contribution is -2.32. The molecular weight excluding hydrogens is 236 g/mol. The maximum absolute atomic E-state index is 5.73. The van der Waals surface area contributed by atoms with Crippen molar-refractivity contribution in [1.82, 2.24) is 0 Å². The predicted molar refractivity (Wildman–Crippen MR) is 80.8 cm³/mol. The van der Waals surface area contributed by atoms with Gasteiger partial charge in [0.2, 0.25) is 0 Å². The van der Waals surface area contributed by atoms with Crippen molar-refractivity contribution in [2.45, 2.75) is 52.4 Å². The van der Waals surface area contributed by atoms with Crippen LogP contribution in [0.1, 0.15) is 52.4 Å². The molecule has 0 aromatic heterocycles. The second-order valence-electron chi connectivity index (χ2n) is 5.07. The van der Waals surface area contributed by atoms with E-state index in [1.807, 2.05) is 0 Å². The number of unbranched alkanes of at least 4 members (excludes halogenated alkanes) is 2. The molecule has 0 saturated carbocycles. The van der Waals surface area contributed by atoms with E-state index >= 15 is 0 Å². The van der Waals surface area contributed by atoms with E-state index in [4.69, 9.17) is 22.3 Å². The highest BCUT2D eigenvalue weighted by Crippen LogP contribution is 2.27. The fourth-order valence-electron chi connectivity index (χ4n) is 1.81. The molecule has 0 unspecified atom stereocenters. The number of hydrogen-bond acceptors (Lipinski definition) is 2. The molecule has 19 heavy (non-hydrogen) atoms. The summed E-state index contributed by atoms with van der Waals surface area (Å²) in [6, 6.07) is 0. The van der Waals surface area contributed by atoms with Gasteiger partial charge in [-0.1, -0.05) is 26.7 Å². The maximum Gasteiger partial charge on any atom is 0.0562 e. The van der Waals surface area contributed by atoms with Gasteiger partial charge in [-0.25, -0.2) is 0 Å². The molecule has 0 amide bonds. The lowest BCUT2D eigenvalue weighted by atomic mass is 9.83. The summed E-state index contributed by atoms with van der Waals surface area (Å²) in [5, 5.41) is 0. The number of ether oxygens (including phenoxy) is 2. The highest BCUT2D eigenvalue weighted by atomic mass is 16.5. The monoisotopic (exact) mass is 264 g/mol. The third-order valence-corrected chi connectivity index (χ3v) is 3.06. The minimum atomic E-state index is -0.217. The first-order valence-corrected chi connectivity index (χ1v) is 7.27. The molecule has 0 atom stereocenters. The topological polar surface area (TPSA) is 18.5 Å². The highest BCUT2D eigenvalue weighted by Gasteiger charge is 2.29. The first-order valence-electron chi connectivity index (χ1n) is 7.27. The molecule has 0 saturated heterocycles. The van der Waals surface area contributed by atoms with Crippen LogP contribution in [0.15, 0.2) is 0 Å². The van der Waals surface area contributed by atoms with Gasteiger partial charge in [0, 0.05) is 31.5 Å². The van der Waals surface area contributed by atoms with Crippen LogP contribution in [-0.4, -0.2) is 26.4 Å². The van der Waals surface area contributed by atoms with Gasteiger partial charge < -0.3 is 9.47 Å². The van der Waals surface area contributed by atoms with Gasteiger partial charge in [-0.2, -0.15) is 0 Å². The van der Waals surface area contributed by atoms with Crippen molar-refractivity contribution in [1.29, 1.82) is 0 Å². The van der Waals surface area contributed by atoms with Crippen molar-refractivity contribution >= 4 is 0 Å². The van der Waals surface area contributed by atoms with Crippen molar-refractivity contribution in [2.75, 3.05) is 26.4 Å². The molecule has 0 aliphatic heterocycles. The Balaban J connectivity index is 4.32. The number of rotatable bonds is 12. The highest BCUT2D eigenvalue weighted by molar-refractivity contribution is 5.01. The quantitative estimate of drug-likeness (QED) is 0.396. The Kier molecular flexibility index (Phi) is 11.5. The third-order valence-electron chi connectivity index (χ3n) is 3.06. The Morgan fingerprint density at radius 2 is 1.26 bits per heavy atom. The molecule has 0 aromatic rings. The van der Waals surface area contributed by atoms with Crippen LogP contribution in [0.2, 0.25) is 0 Å². The maximum atomic E-state index is 5.73. The van der Waals surface area contributed by atoms with Gasteiger partial charge in [0.1, 0.15) is 0 Å². The van der Waals surface area contributed by atoms with Crippen molar-refractivity contribution in [3.05, 3.63) is 0 Å². The molecule has 0 spiro atoms. The zero-order valence-corrected chi connectivity index (χ0v) is 12.5. The molecule has 0 aromatic carbocycles. The smallest absolute Gasteiger partial charge is 0.0562 e. The van der Waals surface area contributed by atoms with Crippen molar-refractivity contribution < 1.29 is 9.47 Å². The van der Waals surface area contributed by atoms with Crippen LogP contribution >= 0.6 is 0 Å². The largest absolute Gasteiger partial charge is 0.381 e. The molecule has 0 aliphatic carbocycles. The lowest BCUT2D eigenvalue weighted by Gasteiger charge is -2.30. The van der Waals surface area contributed by atoms with Crippen molar-refractivity contribution in [3.8, 4) is 24.7 Å². The number of terminal acetylenes is 2. The van der Waals surface area contributed by atoms with E-state index in [1.54, 1.807) is 0 Å². The van der Waals surface area contributed by atoms with Gasteiger partial charge in [-0.15, -0.1) is 24.7 Å². The molecule has 0 rings (SSSR count). The SMILES string of the molecule is C#CCC(CC#C)(COCCCC)COCCCC. The van der Waals surface area contributed by atoms with E-state index in [9.17, 15) is 0 Å². The van der Waals surface area contributed by atoms with E-state index in [0.29, 0.717) is 26.1 Å². The zero-order valence-electron chi connectivity index (χ0n) is 12.5. The van der Waals surface area contributed by atoms with Crippen molar-refractivity contribution in [2.24, 2.45) is 5.41 Å². The summed E-state index contributed by atoms with van der Waals surface area (Å²) in [5.41, 5.74) is -0.217. The van der Waals surface area contributed by atoms with Crippen LogP contribution in [0.4, 0.5) is 0 Å². The fraction of sp³-hybridized carbons (Fsp3) is 0.765. The average Bonchev–Trinajstić information content (AvgIpc) is 2.41. The first kappa shape index (κ1) is 18.0. The van der Waals surface area contributed by atoms with Gasteiger partial charge in [0.25, 0.3) is 0 Å². The minimum absolute atomic E-state index is 0.217. The molecule has 0 radical (unpaired) electrons. The molecule has 2 nitrogen and oxygen atoms in total. The van der Waals surface area contributed by atoms with Gasteiger partial charge >= 0.3 is 0 Å². The second-order valence-corrected chi connectivity index (χ2v) is 5.07. The molecular formula is C17H28O2. The van der Waals surface area contributed by atoms with Gasteiger partial charge in [0.15, 0.2) is 0 Å². The zero-order chi connectivity index (χ0) is 14.4. The fourth-order valence-corrected chi connectivity index (χ4v) is 1.81. The molecule has 0 fully saturated rings. The predicted octanol–water partition coefficient (Wildman–Crippen LogP) is 3.65. The van der Waals surface area contributed by atoms with Crippen LogP contribution in [-0.2, 0) is 9.47 Å². The molecule has 0 heterocycles. The van der Waals surface area contributed by atoms with Gasteiger partial charge in [-0.05, 0) is 12.8 Å². The molecule has 0 N–H and O–H groups in total. The summed E-state index contributed by atoms with van der Waals surface area (Å²) in [6.07, 6.45) is 16.6. The molecule has 108 valence electrons. The van der Waals surface area contributed by atoms with Crippen molar-refractivity contribution in [3.63, 3.8) is 0 Å². The number of hydrogen-bond donors (Lipinski definition) is 0. The van der Waals surface area contributed by atoms with Crippen LogP contribution < -0.4 is 0 Å². The Bertz CT molecular complexity index is 253. The van der Waals surface area contributed by atoms with Gasteiger partial charge in [-0.3, -0.25) is 0 Å². The summed E-state index contributed by atoms with van der Waals surface area (Å²) < 4.78 is 11.5. The van der Waals surface area contributed by atoms with E-state index in [2.05, 4.69) is 25.7 Å². The minimum Gasteiger partial charge on any atom is -0.381 e. The normalized spacial score (nSPS) is 10.9. The summed E-state index contributed by atoms with van der Waals surface area (Å²) in [4.78, 5) is 0. The Morgan fingerprint density at radius 3 is 1.58 bits per heavy atom. The van der Waals surface area contributed by atoms with Gasteiger partial charge in [0.05, 0.1) is 13.2 Å². The third kappa shape index (κ3) is 8.71. The van der Waals surface area contributed by atoms with E-state index in [1.165, 1.54) is 0 Å². The summed E-state index contributed by atoms with van der Waals surface area (Å²) in [6.45, 7) is 7.01. The van der Waals surface area contributed by atoms with Crippen LogP contribution in [0.3, 0.4) is 0 Å².